The summed E-state index contributed by atoms with van der Waals surface area (Å²) in [5.41, 5.74) is 0. The van der Waals surface area contributed by atoms with Crippen LogP contribution in [0.1, 0.15) is 0 Å². The molecule has 138 valence electrons. The first-order chi connectivity index (χ1) is 10.9. The number of halogens is 6. The molecule has 1 N–H and O–H groups in total. The van der Waals surface area contributed by atoms with Crippen molar-refractivity contribution in [3.63, 3.8) is 0 Å². The van der Waals surface area contributed by atoms with E-state index in [-0.39, 0.29) is 11.4 Å². The summed E-state index contributed by atoms with van der Waals surface area (Å²) in [6, 6.07) is -1.60. The highest BCUT2D eigenvalue weighted by Gasteiger charge is 2.50. The van der Waals surface area contributed by atoms with Gasteiger partial charge < -0.3 is 14.9 Å². The number of carbonyl (C=O) groups is 2. The van der Waals surface area contributed by atoms with E-state index in [1.165, 1.54) is 0 Å². The van der Waals surface area contributed by atoms with Gasteiger partial charge in [-0.15, -0.1) is 0 Å². The molecule has 0 bridgehead atoms. The van der Waals surface area contributed by atoms with Gasteiger partial charge in [0, 0.05) is 19.6 Å². The van der Waals surface area contributed by atoms with Crippen LogP contribution >= 0.6 is 0 Å². The zero-order valence-electron chi connectivity index (χ0n) is 12.3. The Morgan fingerprint density at radius 2 is 1.79 bits per heavy atom. The summed E-state index contributed by atoms with van der Waals surface area (Å²) in [6.07, 6.45) is -8.76. The Morgan fingerprint density at radius 3 is 2.21 bits per heavy atom. The van der Waals surface area contributed by atoms with Crippen LogP contribution in [0.15, 0.2) is 0 Å². The van der Waals surface area contributed by atoms with E-state index < -0.39 is 69.0 Å². The molecule has 0 spiro atoms. The van der Waals surface area contributed by atoms with Crippen molar-refractivity contribution in [3.05, 3.63) is 0 Å². The third kappa shape index (κ3) is 4.02. The number of amides is 2. The molecule has 2 fully saturated rings. The van der Waals surface area contributed by atoms with Crippen molar-refractivity contribution in [1.29, 1.82) is 0 Å². The second-order valence-corrected chi connectivity index (χ2v) is 5.83. The number of rotatable bonds is 4. The smallest absolute Gasteiger partial charge is 0.465 e. The molecule has 2 aliphatic heterocycles. The number of hydrogen-bond donors (Lipinski definition) is 1. The third-order valence-corrected chi connectivity index (χ3v) is 3.96. The van der Waals surface area contributed by atoms with E-state index in [9.17, 15) is 35.9 Å². The van der Waals surface area contributed by atoms with Crippen LogP contribution in [0.3, 0.4) is 0 Å². The fourth-order valence-corrected chi connectivity index (χ4v) is 2.79. The normalized spacial score (nSPS) is 27.0. The molecule has 0 aromatic carbocycles. The van der Waals surface area contributed by atoms with Gasteiger partial charge in [-0.1, -0.05) is 0 Å². The van der Waals surface area contributed by atoms with E-state index in [1.807, 2.05) is 0 Å². The highest BCUT2D eigenvalue weighted by atomic mass is 19.4. The fourth-order valence-electron chi connectivity index (χ4n) is 2.79. The summed E-state index contributed by atoms with van der Waals surface area (Å²) in [6.45, 7) is -3.45. The van der Waals surface area contributed by atoms with Gasteiger partial charge >= 0.3 is 18.2 Å². The van der Waals surface area contributed by atoms with Gasteiger partial charge in [0.2, 0.25) is 0 Å². The fraction of sp³-hybridized carbons (Fsp3) is 0.833. The minimum Gasteiger partial charge on any atom is -0.465 e. The molecule has 2 rings (SSSR count). The van der Waals surface area contributed by atoms with Crippen molar-refractivity contribution >= 4 is 12.0 Å². The predicted molar refractivity (Wildman–Crippen MR) is 67.4 cm³/mol. The molecule has 2 unspecified atom stereocenters. The maximum absolute atomic E-state index is 13.9. The van der Waals surface area contributed by atoms with Crippen LogP contribution in [0.5, 0.6) is 0 Å². The van der Waals surface area contributed by atoms with Gasteiger partial charge in [-0.25, -0.2) is 18.0 Å². The summed E-state index contributed by atoms with van der Waals surface area (Å²) in [5.74, 6) is -5.23. The molecule has 2 aliphatic rings. The molecule has 0 aromatic heterocycles. The van der Waals surface area contributed by atoms with Gasteiger partial charge in [0.05, 0.1) is 25.7 Å². The van der Waals surface area contributed by atoms with Crippen LogP contribution in [0.4, 0.5) is 31.1 Å². The Morgan fingerprint density at radius 1 is 1.21 bits per heavy atom. The lowest BCUT2D eigenvalue weighted by Gasteiger charge is -2.40. The molecule has 24 heavy (non-hydrogen) atoms. The lowest BCUT2D eigenvalue weighted by Crippen LogP contribution is -2.59. The second-order valence-electron chi connectivity index (χ2n) is 5.83. The van der Waals surface area contributed by atoms with Gasteiger partial charge in [0.25, 0.3) is 5.92 Å². The largest absolute Gasteiger partial charge is 0.471 e. The number of likely N-dealkylation sites (tertiary alicyclic amines) is 2. The molecule has 2 amide bonds. The summed E-state index contributed by atoms with van der Waals surface area (Å²) < 4.78 is 77.5. The third-order valence-electron chi connectivity index (χ3n) is 3.96. The minimum absolute atomic E-state index is 0.198. The first kappa shape index (κ1) is 18.6. The highest BCUT2D eigenvalue weighted by Crippen LogP contribution is 2.28. The van der Waals surface area contributed by atoms with Gasteiger partial charge in [0.15, 0.2) is 0 Å². The average molecular weight is 363 g/mol. The maximum atomic E-state index is 13.9. The van der Waals surface area contributed by atoms with E-state index in [4.69, 9.17) is 5.11 Å². The zero-order chi connectivity index (χ0) is 18.3. The molecule has 0 aromatic rings. The standard InChI is InChI=1S/C12H15F6N3O3/c13-7-3-20(10(23)24)4-8(7)21(9(22)12(16,17)18)2-1-19-5-11(14,15)6-19/h7-8H,1-6H2,(H,23,24). The van der Waals surface area contributed by atoms with Crippen LogP contribution < -0.4 is 0 Å². The molecule has 0 saturated carbocycles. The molecule has 2 heterocycles. The molecule has 6 nitrogen and oxygen atoms in total. The Bertz CT molecular complexity index is 507. The lowest BCUT2D eigenvalue weighted by atomic mass is 10.1. The summed E-state index contributed by atoms with van der Waals surface area (Å²) in [5, 5.41) is 8.79. The molecule has 2 saturated heterocycles. The Hall–Kier alpha value is -1.72. The predicted octanol–water partition coefficient (Wildman–Crippen LogP) is 1.03. The van der Waals surface area contributed by atoms with Crippen molar-refractivity contribution in [2.45, 2.75) is 24.3 Å². The van der Waals surface area contributed by atoms with Crippen molar-refractivity contribution in [2.75, 3.05) is 39.3 Å². The highest BCUT2D eigenvalue weighted by molar-refractivity contribution is 5.82. The maximum Gasteiger partial charge on any atom is 0.471 e. The van der Waals surface area contributed by atoms with Crippen LogP contribution in [0.25, 0.3) is 0 Å². The van der Waals surface area contributed by atoms with Crippen molar-refractivity contribution in [1.82, 2.24) is 14.7 Å². The van der Waals surface area contributed by atoms with Crippen molar-refractivity contribution < 1.29 is 41.0 Å². The lowest BCUT2D eigenvalue weighted by molar-refractivity contribution is -0.189. The molecular formula is C12H15F6N3O3. The topological polar surface area (TPSA) is 64.1 Å². The van der Waals surface area contributed by atoms with E-state index in [1.54, 1.807) is 0 Å². The molecule has 0 aliphatic carbocycles. The molecule has 0 radical (unpaired) electrons. The van der Waals surface area contributed by atoms with Crippen LogP contribution in [-0.2, 0) is 4.79 Å². The van der Waals surface area contributed by atoms with Gasteiger partial charge in [-0.05, 0) is 0 Å². The summed E-state index contributed by atoms with van der Waals surface area (Å²) in [7, 11) is 0. The van der Waals surface area contributed by atoms with Crippen molar-refractivity contribution in [2.24, 2.45) is 0 Å². The Labute approximate surface area is 132 Å². The summed E-state index contributed by atoms with van der Waals surface area (Å²) in [4.78, 5) is 24.2. The number of nitrogens with zero attached hydrogens (tertiary/aromatic N) is 3. The second kappa shape index (κ2) is 6.30. The van der Waals surface area contributed by atoms with Gasteiger partial charge in [-0.2, -0.15) is 13.2 Å². The van der Waals surface area contributed by atoms with Gasteiger partial charge in [-0.3, -0.25) is 9.69 Å². The van der Waals surface area contributed by atoms with E-state index in [2.05, 4.69) is 0 Å². The monoisotopic (exact) mass is 363 g/mol. The SMILES string of the molecule is O=C(O)N1CC(F)C(N(CCN2CC(F)(F)C2)C(=O)C(F)(F)F)C1. The molecular weight excluding hydrogens is 348 g/mol. The molecule has 12 heteroatoms. The van der Waals surface area contributed by atoms with E-state index in [0.717, 1.165) is 4.90 Å². The minimum atomic E-state index is -5.27. The number of hydrogen-bond acceptors (Lipinski definition) is 3. The zero-order valence-corrected chi connectivity index (χ0v) is 12.3. The molecule has 2 atom stereocenters. The van der Waals surface area contributed by atoms with Crippen LogP contribution in [-0.4, -0.2) is 95.4 Å². The quantitative estimate of drug-likeness (QED) is 0.758. The number of carboxylic acid groups (broad SMARTS) is 1. The number of carbonyl (C=O) groups excluding carboxylic acids is 1. The van der Waals surface area contributed by atoms with Crippen molar-refractivity contribution in [3.8, 4) is 0 Å². The Balaban J connectivity index is 2.06. The van der Waals surface area contributed by atoms with Crippen LogP contribution in [0, 0.1) is 0 Å². The van der Waals surface area contributed by atoms with Gasteiger partial charge in [0.1, 0.15) is 6.17 Å². The number of alkyl halides is 6. The van der Waals surface area contributed by atoms with Crippen LogP contribution in [0.2, 0.25) is 0 Å². The first-order valence-electron chi connectivity index (χ1n) is 7.00. The Kier molecular flexibility index (Phi) is 4.88. The average Bonchev–Trinajstić information content (AvgIpc) is 2.78. The van der Waals surface area contributed by atoms with E-state index in [0.29, 0.717) is 4.90 Å². The first-order valence-corrected chi connectivity index (χ1v) is 7.00. The van der Waals surface area contributed by atoms with E-state index >= 15 is 0 Å². The summed E-state index contributed by atoms with van der Waals surface area (Å²) >= 11 is 0.